The number of hydrogen-bond donors (Lipinski definition) is 0. The number of rotatable bonds is 4. The van der Waals surface area contributed by atoms with Crippen LogP contribution in [0.2, 0.25) is 0 Å². The molecule has 94 valence electrons. The van der Waals surface area contributed by atoms with Crippen LogP contribution in [0, 0.1) is 6.92 Å². The number of hydrogen-bond acceptors (Lipinski definition) is 2. The maximum atomic E-state index is 4.25. The van der Waals surface area contributed by atoms with Crippen molar-refractivity contribution in [2.75, 3.05) is 6.54 Å². The van der Waals surface area contributed by atoms with Gasteiger partial charge in [-0.1, -0.05) is 24.3 Å². The molecule has 3 nitrogen and oxygen atoms in total. The predicted octanol–water partition coefficient (Wildman–Crippen LogP) is 2.60. The van der Waals surface area contributed by atoms with Crippen molar-refractivity contribution in [3.8, 4) is 0 Å². The highest BCUT2D eigenvalue weighted by Crippen LogP contribution is 2.22. The van der Waals surface area contributed by atoms with Gasteiger partial charge in [-0.3, -0.25) is 4.90 Å². The largest absolute Gasteiger partial charge is 0.337 e. The maximum Gasteiger partial charge on any atom is 0.0949 e. The summed E-state index contributed by atoms with van der Waals surface area (Å²) in [6, 6.07) is 8.76. The Hall–Kier alpha value is -1.61. The number of aromatic nitrogens is 2. The fourth-order valence-corrected chi connectivity index (χ4v) is 2.63. The lowest BCUT2D eigenvalue weighted by atomic mass is 10.1. The summed E-state index contributed by atoms with van der Waals surface area (Å²) in [5.74, 6) is 0. The first-order valence-electron chi connectivity index (χ1n) is 6.59. The molecule has 0 saturated heterocycles. The monoisotopic (exact) mass is 241 g/mol. The molecule has 2 aromatic rings. The van der Waals surface area contributed by atoms with Crippen molar-refractivity contribution in [3.63, 3.8) is 0 Å². The van der Waals surface area contributed by atoms with Crippen molar-refractivity contribution in [3.05, 3.63) is 53.6 Å². The smallest absolute Gasteiger partial charge is 0.0949 e. The van der Waals surface area contributed by atoms with Crippen LogP contribution in [0.25, 0.3) is 0 Å². The molecule has 0 atom stereocenters. The Bertz CT molecular complexity index is 505. The third-order valence-corrected chi connectivity index (χ3v) is 3.56. The molecule has 0 N–H and O–H groups in total. The van der Waals surface area contributed by atoms with Gasteiger partial charge >= 0.3 is 0 Å². The molecule has 1 aliphatic heterocycles. The molecule has 0 saturated carbocycles. The summed E-state index contributed by atoms with van der Waals surface area (Å²) in [6.07, 6.45) is 5.22. The topological polar surface area (TPSA) is 21.1 Å². The minimum atomic E-state index is 1.06. The minimum absolute atomic E-state index is 1.06. The quantitative estimate of drug-likeness (QED) is 0.820. The van der Waals surface area contributed by atoms with Crippen molar-refractivity contribution in [1.82, 2.24) is 14.5 Å². The Morgan fingerprint density at radius 3 is 2.44 bits per heavy atom. The van der Waals surface area contributed by atoms with Gasteiger partial charge in [0.05, 0.1) is 12.0 Å². The average molecular weight is 241 g/mol. The highest BCUT2D eigenvalue weighted by Gasteiger charge is 2.17. The highest BCUT2D eigenvalue weighted by molar-refractivity contribution is 5.30. The van der Waals surface area contributed by atoms with Crippen molar-refractivity contribution in [1.29, 1.82) is 0 Å². The van der Waals surface area contributed by atoms with Crippen LogP contribution in [0.1, 0.15) is 23.2 Å². The lowest BCUT2D eigenvalue weighted by molar-refractivity contribution is 0.274. The molecule has 1 aromatic heterocycles. The molecule has 0 radical (unpaired) electrons. The lowest BCUT2D eigenvalue weighted by Crippen LogP contribution is -2.18. The van der Waals surface area contributed by atoms with E-state index in [1.54, 1.807) is 0 Å². The molecule has 3 rings (SSSR count). The molecule has 1 aromatic carbocycles. The van der Waals surface area contributed by atoms with Gasteiger partial charge in [-0.05, 0) is 24.5 Å². The van der Waals surface area contributed by atoms with E-state index in [1.807, 2.05) is 13.3 Å². The third kappa shape index (κ3) is 2.46. The molecule has 3 heteroatoms. The van der Waals surface area contributed by atoms with Gasteiger partial charge in [-0.2, -0.15) is 0 Å². The second-order valence-corrected chi connectivity index (χ2v) is 5.09. The first-order valence-corrected chi connectivity index (χ1v) is 6.59. The van der Waals surface area contributed by atoms with Gasteiger partial charge in [-0.25, -0.2) is 4.98 Å². The highest BCUT2D eigenvalue weighted by atomic mass is 15.1. The molecule has 0 spiro atoms. The summed E-state index contributed by atoms with van der Waals surface area (Å²) in [7, 11) is 0. The van der Waals surface area contributed by atoms with E-state index in [4.69, 9.17) is 0 Å². The molecule has 0 aliphatic carbocycles. The molecule has 0 fully saturated rings. The fraction of sp³-hybridized carbons (Fsp3) is 0.400. The van der Waals surface area contributed by atoms with Gasteiger partial charge in [0, 0.05) is 32.4 Å². The van der Waals surface area contributed by atoms with Crippen molar-refractivity contribution < 1.29 is 0 Å². The molecular formula is C15H19N3. The van der Waals surface area contributed by atoms with Crippen LogP contribution in [-0.2, 0) is 19.6 Å². The summed E-state index contributed by atoms with van der Waals surface area (Å²) in [5.41, 5.74) is 4.09. The molecule has 0 unspecified atom stereocenters. The molecule has 0 bridgehead atoms. The number of benzene rings is 1. The van der Waals surface area contributed by atoms with E-state index < -0.39 is 0 Å². The Labute approximate surface area is 108 Å². The Kier molecular flexibility index (Phi) is 3.15. The fourth-order valence-electron chi connectivity index (χ4n) is 2.63. The van der Waals surface area contributed by atoms with Gasteiger partial charge < -0.3 is 4.57 Å². The van der Waals surface area contributed by atoms with E-state index in [1.165, 1.54) is 17.5 Å². The van der Waals surface area contributed by atoms with E-state index in [0.717, 1.165) is 31.9 Å². The SMILES string of the molecule is Cc1cn(CCCN2Cc3ccccc3C2)cn1. The summed E-state index contributed by atoms with van der Waals surface area (Å²) >= 11 is 0. The number of aryl methyl sites for hydroxylation is 2. The standard InChI is InChI=1S/C15H19N3/c1-13-9-18(12-16-13)8-4-7-17-10-14-5-2-3-6-15(14)11-17/h2-3,5-6,9,12H,4,7-8,10-11H2,1H3. The van der Waals surface area contributed by atoms with E-state index in [-0.39, 0.29) is 0 Å². The van der Waals surface area contributed by atoms with Crippen LogP contribution in [0.5, 0.6) is 0 Å². The van der Waals surface area contributed by atoms with Gasteiger partial charge in [0.1, 0.15) is 0 Å². The average Bonchev–Trinajstić information content (AvgIpc) is 2.95. The van der Waals surface area contributed by atoms with Crippen LogP contribution in [0.3, 0.4) is 0 Å². The van der Waals surface area contributed by atoms with Gasteiger partial charge in [-0.15, -0.1) is 0 Å². The third-order valence-electron chi connectivity index (χ3n) is 3.56. The van der Waals surface area contributed by atoms with Crippen LogP contribution < -0.4 is 0 Å². The zero-order valence-electron chi connectivity index (χ0n) is 10.8. The van der Waals surface area contributed by atoms with E-state index in [9.17, 15) is 0 Å². The van der Waals surface area contributed by atoms with E-state index in [0.29, 0.717) is 0 Å². The predicted molar refractivity (Wildman–Crippen MR) is 72.1 cm³/mol. The van der Waals surface area contributed by atoms with Crippen LogP contribution in [0.15, 0.2) is 36.8 Å². The summed E-state index contributed by atoms with van der Waals surface area (Å²) in [5, 5.41) is 0. The number of nitrogens with zero attached hydrogens (tertiary/aromatic N) is 3. The summed E-state index contributed by atoms with van der Waals surface area (Å²) in [6.45, 7) is 6.48. The minimum Gasteiger partial charge on any atom is -0.337 e. The Morgan fingerprint density at radius 1 is 1.11 bits per heavy atom. The molecule has 18 heavy (non-hydrogen) atoms. The van der Waals surface area contributed by atoms with E-state index >= 15 is 0 Å². The Balaban J connectivity index is 1.48. The van der Waals surface area contributed by atoms with Crippen molar-refractivity contribution in [2.24, 2.45) is 0 Å². The number of imidazole rings is 1. The maximum absolute atomic E-state index is 4.25. The molecule has 1 aliphatic rings. The molecule has 2 heterocycles. The van der Waals surface area contributed by atoms with Crippen molar-refractivity contribution >= 4 is 0 Å². The Morgan fingerprint density at radius 2 is 1.83 bits per heavy atom. The second kappa shape index (κ2) is 4.94. The van der Waals surface area contributed by atoms with Gasteiger partial charge in [0.15, 0.2) is 0 Å². The molecular weight excluding hydrogens is 222 g/mol. The normalized spacial score (nSPS) is 14.9. The van der Waals surface area contributed by atoms with Crippen LogP contribution in [0.4, 0.5) is 0 Å². The van der Waals surface area contributed by atoms with Crippen LogP contribution in [-0.4, -0.2) is 21.0 Å². The van der Waals surface area contributed by atoms with Gasteiger partial charge in [0.2, 0.25) is 0 Å². The van der Waals surface area contributed by atoms with Crippen molar-refractivity contribution in [2.45, 2.75) is 33.0 Å². The zero-order valence-corrected chi connectivity index (χ0v) is 10.8. The second-order valence-electron chi connectivity index (χ2n) is 5.09. The first kappa shape index (κ1) is 11.5. The first-order chi connectivity index (χ1) is 8.81. The lowest BCUT2D eigenvalue weighted by Gasteiger charge is -2.14. The summed E-state index contributed by atoms with van der Waals surface area (Å²) in [4.78, 5) is 6.77. The number of fused-ring (bicyclic) bond motifs is 1. The molecule has 0 amide bonds. The summed E-state index contributed by atoms with van der Waals surface area (Å²) < 4.78 is 2.18. The van der Waals surface area contributed by atoms with Gasteiger partial charge in [0.25, 0.3) is 0 Å². The van der Waals surface area contributed by atoms with Crippen LogP contribution >= 0.6 is 0 Å². The van der Waals surface area contributed by atoms with E-state index in [2.05, 4.69) is 44.9 Å². The zero-order chi connectivity index (χ0) is 12.4.